The van der Waals surface area contributed by atoms with Gasteiger partial charge in [-0.05, 0) is 48.2 Å². The normalized spacial score (nSPS) is 22.2. The van der Waals surface area contributed by atoms with Gasteiger partial charge in [0.1, 0.15) is 5.41 Å². The molecule has 0 bridgehead atoms. The van der Waals surface area contributed by atoms with Crippen LogP contribution in [-0.2, 0) is 21.4 Å². The van der Waals surface area contributed by atoms with Crippen LogP contribution in [0.2, 0.25) is 0 Å². The number of para-hydroxylation sites is 1. The number of nitrogens with zero attached hydrogens (tertiary/aromatic N) is 3. The van der Waals surface area contributed by atoms with Gasteiger partial charge in [0.25, 0.3) is 0 Å². The van der Waals surface area contributed by atoms with Crippen molar-refractivity contribution in [2.45, 2.75) is 31.2 Å². The SMILES string of the molecule is Cc1cccnc1CC(=O)N1CCC2(C(=O)Nc3ccccc32)C1c1cccnc1. The molecule has 6 nitrogen and oxygen atoms in total. The number of pyridine rings is 2. The van der Waals surface area contributed by atoms with Crippen LogP contribution in [0, 0.1) is 6.92 Å². The average molecular weight is 398 g/mol. The first-order valence-corrected chi connectivity index (χ1v) is 10.1. The number of carbonyl (C=O) groups is 2. The van der Waals surface area contributed by atoms with Crippen LogP contribution in [-0.4, -0.2) is 33.2 Å². The second-order valence-electron chi connectivity index (χ2n) is 7.94. The maximum absolute atomic E-state index is 13.4. The van der Waals surface area contributed by atoms with Gasteiger partial charge < -0.3 is 10.2 Å². The molecular weight excluding hydrogens is 376 g/mol. The van der Waals surface area contributed by atoms with Gasteiger partial charge in [-0.2, -0.15) is 0 Å². The summed E-state index contributed by atoms with van der Waals surface area (Å²) < 4.78 is 0. The van der Waals surface area contributed by atoms with Gasteiger partial charge in [0, 0.05) is 30.8 Å². The predicted octanol–water partition coefficient (Wildman–Crippen LogP) is 3.19. The summed E-state index contributed by atoms with van der Waals surface area (Å²) in [6.45, 7) is 2.46. The molecule has 150 valence electrons. The molecule has 2 aliphatic rings. The number of fused-ring (bicyclic) bond motifs is 2. The fourth-order valence-electron chi connectivity index (χ4n) is 4.90. The van der Waals surface area contributed by atoms with E-state index in [-0.39, 0.29) is 18.2 Å². The van der Waals surface area contributed by atoms with Gasteiger partial charge in [-0.25, -0.2) is 0 Å². The Bertz CT molecular complexity index is 1130. The number of benzene rings is 1. The minimum atomic E-state index is -0.811. The number of aryl methyl sites for hydroxylation is 1. The fraction of sp³-hybridized carbons (Fsp3) is 0.250. The highest BCUT2D eigenvalue weighted by atomic mass is 16.2. The molecule has 1 aromatic carbocycles. The molecule has 0 radical (unpaired) electrons. The maximum atomic E-state index is 13.4. The van der Waals surface area contributed by atoms with Crippen LogP contribution in [0.25, 0.3) is 0 Å². The smallest absolute Gasteiger partial charge is 0.237 e. The number of amides is 2. The summed E-state index contributed by atoms with van der Waals surface area (Å²) in [6.07, 6.45) is 5.96. The average Bonchev–Trinajstić information content (AvgIpc) is 3.30. The zero-order chi connectivity index (χ0) is 20.7. The summed E-state index contributed by atoms with van der Waals surface area (Å²) in [5.74, 6) is -0.0819. The van der Waals surface area contributed by atoms with Crippen molar-refractivity contribution in [3.8, 4) is 0 Å². The van der Waals surface area contributed by atoms with E-state index in [9.17, 15) is 9.59 Å². The minimum absolute atomic E-state index is 0.0280. The summed E-state index contributed by atoms with van der Waals surface area (Å²) in [6, 6.07) is 15.0. The van der Waals surface area contributed by atoms with Crippen LogP contribution in [0.1, 0.15) is 34.8 Å². The molecule has 1 fully saturated rings. The van der Waals surface area contributed by atoms with E-state index < -0.39 is 11.5 Å². The number of rotatable bonds is 3. The van der Waals surface area contributed by atoms with Crippen molar-refractivity contribution in [2.75, 3.05) is 11.9 Å². The van der Waals surface area contributed by atoms with Gasteiger partial charge in [-0.3, -0.25) is 19.6 Å². The van der Waals surface area contributed by atoms with E-state index in [1.54, 1.807) is 18.6 Å². The van der Waals surface area contributed by atoms with E-state index >= 15 is 0 Å². The number of aromatic nitrogens is 2. The molecular formula is C24H22N4O2. The van der Waals surface area contributed by atoms with E-state index in [1.165, 1.54) is 0 Å². The first-order chi connectivity index (χ1) is 14.6. The molecule has 2 aromatic heterocycles. The summed E-state index contributed by atoms with van der Waals surface area (Å²) in [4.78, 5) is 37.3. The molecule has 30 heavy (non-hydrogen) atoms. The Labute approximate surface area is 175 Å². The van der Waals surface area contributed by atoms with Gasteiger partial charge in [-0.1, -0.05) is 30.3 Å². The summed E-state index contributed by atoms with van der Waals surface area (Å²) in [5, 5.41) is 3.04. The standard InChI is InChI=1S/C24H22N4O2/c1-16-6-4-12-26-20(16)14-21(29)28-13-10-24(22(28)17-7-5-11-25-15-17)18-8-2-3-9-19(18)27-23(24)30/h2-9,11-12,15,22H,10,13-14H2,1H3,(H,27,30). The Kier molecular flexibility index (Phi) is 4.35. The van der Waals surface area contributed by atoms with Crippen LogP contribution in [0.4, 0.5) is 5.69 Å². The lowest BCUT2D eigenvalue weighted by Crippen LogP contribution is -2.43. The second-order valence-corrected chi connectivity index (χ2v) is 7.94. The molecule has 2 unspecified atom stereocenters. The third-order valence-electron chi connectivity index (χ3n) is 6.34. The first kappa shape index (κ1) is 18.5. The molecule has 0 saturated carbocycles. The Morgan fingerprint density at radius 1 is 1.17 bits per heavy atom. The highest BCUT2D eigenvalue weighted by molar-refractivity contribution is 6.07. The molecule has 2 atom stereocenters. The second kappa shape index (κ2) is 7.06. The molecule has 1 spiro atoms. The van der Waals surface area contributed by atoms with E-state index in [1.807, 2.05) is 60.4 Å². The molecule has 2 aliphatic heterocycles. The fourth-order valence-corrected chi connectivity index (χ4v) is 4.90. The molecule has 4 heterocycles. The zero-order valence-electron chi connectivity index (χ0n) is 16.7. The molecule has 0 aliphatic carbocycles. The molecule has 1 saturated heterocycles. The number of carbonyl (C=O) groups excluding carboxylic acids is 2. The molecule has 2 amide bonds. The quantitative estimate of drug-likeness (QED) is 0.735. The highest BCUT2D eigenvalue weighted by Gasteiger charge is 2.59. The lowest BCUT2D eigenvalue weighted by molar-refractivity contribution is -0.133. The Morgan fingerprint density at radius 3 is 2.80 bits per heavy atom. The van der Waals surface area contributed by atoms with E-state index in [4.69, 9.17) is 0 Å². The third-order valence-corrected chi connectivity index (χ3v) is 6.34. The minimum Gasteiger partial charge on any atom is -0.334 e. The Balaban J connectivity index is 1.59. The van der Waals surface area contributed by atoms with Crippen molar-refractivity contribution in [2.24, 2.45) is 0 Å². The lowest BCUT2D eigenvalue weighted by Gasteiger charge is -2.34. The van der Waals surface area contributed by atoms with Crippen LogP contribution >= 0.6 is 0 Å². The van der Waals surface area contributed by atoms with Crippen LogP contribution in [0.3, 0.4) is 0 Å². The number of nitrogens with one attached hydrogen (secondary N) is 1. The van der Waals surface area contributed by atoms with Crippen molar-refractivity contribution in [3.05, 3.63) is 89.5 Å². The van der Waals surface area contributed by atoms with Gasteiger partial charge in [0.2, 0.25) is 11.8 Å². The summed E-state index contributed by atoms with van der Waals surface area (Å²) in [5.41, 5.74) is 3.59. The van der Waals surface area contributed by atoms with Crippen molar-refractivity contribution < 1.29 is 9.59 Å². The molecule has 3 aromatic rings. The van der Waals surface area contributed by atoms with Crippen molar-refractivity contribution in [1.29, 1.82) is 0 Å². The summed E-state index contributed by atoms with van der Waals surface area (Å²) >= 11 is 0. The van der Waals surface area contributed by atoms with Crippen molar-refractivity contribution in [3.63, 3.8) is 0 Å². The lowest BCUT2D eigenvalue weighted by atomic mass is 9.73. The van der Waals surface area contributed by atoms with Gasteiger partial charge in [0.05, 0.1) is 18.2 Å². The van der Waals surface area contributed by atoms with Crippen LogP contribution in [0.15, 0.2) is 67.1 Å². The number of anilines is 1. The summed E-state index contributed by atoms with van der Waals surface area (Å²) in [7, 11) is 0. The molecule has 1 N–H and O–H groups in total. The topological polar surface area (TPSA) is 75.2 Å². The maximum Gasteiger partial charge on any atom is 0.237 e. The van der Waals surface area contributed by atoms with E-state index in [2.05, 4.69) is 15.3 Å². The monoisotopic (exact) mass is 398 g/mol. The Morgan fingerprint density at radius 2 is 2.00 bits per heavy atom. The van der Waals surface area contributed by atoms with Crippen molar-refractivity contribution >= 4 is 17.5 Å². The zero-order valence-corrected chi connectivity index (χ0v) is 16.7. The number of hydrogen-bond donors (Lipinski definition) is 1. The van der Waals surface area contributed by atoms with E-state index in [0.29, 0.717) is 13.0 Å². The third kappa shape index (κ3) is 2.71. The molecule has 5 rings (SSSR count). The first-order valence-electron chi connectivity index (χ1n) is 10.1. The van der Waals surface area contributed by atoms with E-state index in [0.717, 1.165) is 28.1 Å². The largest absolute Gasteiger partial charge is 0.334 e. The van der Waals surface area contributed by atoms with Crippen LogP contribution < -0.4 is 5.32 Å². The van der Waals surface area contributed by atoms with Crippen molar-refractivity contribution in [1.82, 2.24) is 14.9 Å². The van der Waals surface area contributed by atoms with Crippen LogP contribution in [0.5, 0.6) is 0 Å². The highest BCUT2D eigenvalue weighted by Crippen LogP contribution is 2.54. The Hall–Kier alpha value is -3.54. The van der Waals surface area contributed by atoms with Gasteiger partial charge in [-0.15, -0.1) is 0 Å². The predicted molar refractivity (Wildman–Crippen MR) is 113 cm³/mol. The molecule has 6 heteroatoms. The van der Waals surface area contributed by atoms with Gasteiger partial charge in [0.15, 0.2) is 0 Å². The van der Waals surface area contributed by atoms with Gasteiger partial charge >= 0.3 is 0 Å². The number of likely N-dealkylation sites (tertiary alicyclic amines) is 1. The number of hydrogen-bond acceptors (Lipinski definition) is 4.